The highest BCUT2D eigenvalue weighted by molar-refractivity contribution is 7.92. The lowest BCUT2D eigenvalue weighted by Crippen LogP contribution is -2.50. The van der Waals surface area contributed by atoms with E-state index in [0.717, 1.165) is 0 Å². The quantitative estimate of drug-likeness (QED) is 0.543. The van der Waals surface area contributed by atoms with Gasteiger partial charge in [0, 0.05) is 37.4 Å². The Kier molecular flexibility index (Phi) is 6.92. The van der Waals surface area contributed by atoms with Crippen molar-refractivity contribution in [3.63, 3.8) is 0 Å². The maximum absolute atomic E-state index is 13.1. The molecule has 1 aliphatic rings. The van der Waals surface area contributed by atoms with Crippen molar-refractivity contribution in [1.82, 2.24) is 9.80 Å². The maximum Gasteiger partial charge on any atom is 0.261 e. The number of hydrogen-bond acceptors (Lipinski definition) is 6. The Balaban J connectivity index is 1.42. The number of phenols is 1. The molecule has 0 saturated carbocycles. The molecule has 0 radical (unpaired) electrons. The number of piperazine rings is 1. The molecule has 0 bridgehead atoms. The Morgan fingerprint density at radius 3 is 2.11 bits per heavy atom. The van der Waals surface area contributed by atoms with Crippen molar-refractivity contribution in [1.29, 1.82) is 0 Å². The molecule has 2 N–H and O–H groups in total. The molecular formula is C25H25N3O6S. The van der Waals surface area contributed by atoms with Gasteiger partial charge in [0.25, 0.3) is 21.8 Å². The largest absolute Gasteiger partial charge is 0.507 e. The van der Waals surface area contributed by atoms with Crippen LogP contribution in [0.5, 0.6) is 11.5 Å². The normalized spacial score (nSPS) is 13.9. The second kappa shape index (κ2) is 10.1. The van der Waals surface area contributed by atoms with Gasteiger partial charge in [0.15, 0.2) is 0 Å². The van der Waals surface area contributed by atoms with E-state index in [4.69, 9.17) is 4.74 Å². The summed E-state index contributed by atoms with van der Waals surface area (Å²) in [5, 5.41) is 9.94. The van der Waals surface area contributed by atoms with Crippen LogP contribution < -0.4 is 9.46 Å². The molecular weight excluding hydrogens is 470 g/mol. The summed E-state index contributed by atoms with van der Waals surface area (Å²) in [7, 11) is -2.39. The molecule has 0 aromatic heterocycles. The highest BCUT2D eigenvalue weighted by Crippen LogP contribution is 2.22. The number of nitrogens with one attached hydrogen (secondary N) is 1. The Bertz CT molecular complexity index is 1330. The third-order valence-corrected chi connectivity index (χ3v) is 7.10. The molecule has 4 rings (SSSR count). The van der Waals surface area contributed by atoms with Crippen molar-refractivity contribution < 1.29 is 27.9 Å². The molecule has 35 heavy (non-hydrogen) atoms. The number of sulfonamides is 1. The van der Waals surface area contributed by atoms with Crippen molar-refractivity contribution in [3.05, 3.63) is 83.9 Å². The number of para-hydroxylation sites is 1. The van der Waals surface area contributed by atoms with Gasteiger partial charge in [0.2, 0.25) is 0 Å². The smallest absolute Gasteiger partial charge is 0.261 e. The molecule has 3 aromatic rings. The Hall–Kier alpha value is -4.05. The number of anilines is 1. The van der Waals surface area contributed by atoms with Crippen LogP contribution in [0.25, 0.3) is 0 Å². The molecule has 2 amide bonds. The van der Waals surface area contributed by atoms with Crippen molar-refractivity contribution in [2.45, 2.75) is 4.90 Å². The number of aromatic hydroxyl groups is 1. The van der Waals surface area contributed by atoms with Crippen LogP contribution in [0, 0.1) is 0 Å². The summed E-state index contributed by atoms with van der Waals surface area (Å²) in [6.45, 7) is 1.18. The number of rotatable bonds is 6. The fourth-order valence-corrected chi connectivity index (χ4v) is 4.89. The molecule has 1 saturated heterocycles. The van der Waals surface area contributed by atoms with E-state index in [0.29, 0.717) is 37.6 Å². The topological polar surface area (TPSA) is 116 Å². The van der Waals surface area contributed by atoms with Crippen LogP contribution in [-0.4, -0.2) is 68.4 Å². The van der Waals surface area contributed by atoms with Crippen LogP contribution in [0.4, 0.5) is 5.69 Å². The molecule has 1 heterocycles. The van der Waals surface area contributed by atoms with Crippen molar-refractivity contribution in [2.24, 2.45) is 0 Å². The number of benzene rings is 3. The number of hydrogen-bond donors (Lipinski definition) is 2. The van der Waals surface area contributed by atoms with Gasteiger partial charge in [-0.1, -0.05) is 18.2 Å². The number of carbonyl (C=O) groups excluding carboxylic acids is 2. The van der Waals surface area contributed by atoms with Crippen LogP contribution in [0.1, 0.15) is 20.7 Å². The molecule has 1 fully saturated rings. The third kappa shape index (κ3) is 5.38. The number of methoxy groups -OCH3 is 1. The summed E-state index contributed by atoms with van der Waals surface area (Å²) in [5.41, 5.74) is 0.824. The number of amides is 2. The molecule has 9 nitrogen and oxygen atoms in total. The van der Waals surface area contributed by atoms with Gasteiger partial charge < -0.3 is 19.6 Å². The molecule has 0 spiro atoms. The lowest BCUT2D eigenvalue weighted by atomic mass is 10.1. The predicted molar refractivity (Wildman–Crippen MR) is 130 cm³/mol. The monoisotopic (exact) mass is 495 g/mol. The first-order chi connectivity index (χ1) is 16.8. The SMILES string of the molecule is COc1ccc(NS(=O)(=O)c2cccc(C(=O)N3CCN(C(=O)c4ccccc4O)CC3)c2)cc1. The van der Waals surface area contributed by atoms with E-state index in [1.54, 1.807) is 58.3 Å². The number of carbonyl (C=O) groups is 2. The lowest BCUT2D eigenvalue weighted by Gasteiger charge is -2.35. The van der Waals surface area contributed by atoms with E-state index in [1.165, 1.54) is 31.4 Å². The molecule has 0 unspecified atom stereocenters. The molecule has 10 heteroatoms. The molecule has 0 atom stereocenters. The second-order valence-electron chi connectivity index (χ2n) is 7.96. The average Bonchev–Trinajstić information content (AvgIpc) is 2.88. The summed E-state index contributed by atoms with van der Waals surface area (Å²) >= 11 is 0. The van der Waals surface area contributed by atoms with Crippen LogP contribution in [0.2, 0.25) is 0 Å². The summed E-state index contributed by atoms with van der Waals surface area (Å²) in [5.74, 6) is -0.103. The average molecular weight is 496 g/mol. The highest BCUT2D eigenvalue weighted by Gasteiger charge is 2.27. The number of phenolic OH excluding ortho intramolecular Hbond substituents is 1. The van der Waals surface area contributed by atoms with E-state index in [9.17, 15) is 23.1 Å². The van der Waals surface area contributed by atoms with Gasteiger partial charge >= 0.3 is 0 Å². The Morgan fingerprint density at radius 1 is 0.857 bits per heavy atom. The van der Waals surface area contributed by atoms with Crippen molar-refractivity contribution in [2.75, 3.05) is 38.0 Å². The molecule has 0 aliphatic carbocycles. The summed E-state index contributed by atoms with van der Waals surface area (Å²) < 4.78 is 33.3. The third-order valence-electron chi connectivity index (χ3n) is 5.72. The second-order valence-corrected chi connectivity index (χ2v) is 9.65. The van der Waals surface area contributed by atoms with Gasteiger partial charge in [0.05, 0.1) is 17.6 Å². The lowest BCUT2D eigenvalue weighted by molar-refractivity contribution is 0.0533. The van der Waals surface area contributed by atoms with Gasteiger partial charge in [-0.25, -0.2) is 8.42 Å². The fraction of sp³-hybridized carbons (Fsp3) is 0.200. The Morgan fingerprint density at radius 2 is 1.49 bits per heavy atom. The first-order valence-electron chi connectivity index (χ1n) is 10.9. The summed E-state index contributed by atoms with van der Waals surface area (Å²) in [6.07, 6.45) is 0. The van der Waals surface area contributed by atoms with Crippen LogP contribution in [0.3, 0.4) is 0 Å². The van der Waals surface area contributed by atoms with E-state index in [2.05, 4.69) is 4.72 Å². The van der Waals surface area contributed by atoms with Gasteiger partial charge in [-0.2, -0.15) is 0 Å². The van der Waals surface area contributed by atoms with Crippen molar-refractivity contribution in [3.8, 4) is 11.5 Å². The zero-order valence-electron chi connectivity index (χ0n) is 19.0. The molecule has 182 valence electrons. The number of ether oxygens (including phenoxy) is 1. The fourth-order valence-electron chi connectivity index (χ4n) is 3.79. The predicted octanol–water partition coefficient (Wildman–Crippen LogP) is 2.80. The summed E-state index contributed by atoms with van der Waals surface area (Å²) in [6, 6.07) is 18.6. The summed E-state index contributed by atoms with van der Waals surface area (Å²) in [4.78, 5) is 28.9. The minimum atomic E-state index is -3.91. The van der Waals surface area contributed by atoms with Gasteiger partial charge in [-0.3, -0.25) is 14.3 Å². The van der Waals surface area contributed by atoms with E-state index >= 15 is 0 Å². The van der Waals surface area contributed by atoms with Crippen LogP contribution in [0.15, 0.2) is 77.7 Å². The van der Waals surface area contributed by atoms with E-state index in [-0.39, 0.29) is 33.6 Å². The minimum absolute atomic E-state index is 0.0347. The Labute approximate surface area is 203 Å². The zero-order valence-corrected chi connectivity index (χ0v) is 19.9. The number of nitrogens with zero attached hydrogens (tertiary/aromatic N) is 2. The van der Waals surface area contributed by atoms with Crippen molar-refractivity contribution >= 4 is 27.5 Å². The van der Waals surface area contributed by atoms with Gasteiger partial charge in [-0.05, 0) is 54.6 Å². The van der Waals surface area contributed by atoms with Crippen LogP contribution >= 0.6 is 0 Å². The maximum atomic E-state index is 13.1. The first kappa shape index (κ1) is 24.1. The van der Waals surface area contributed by atoms with Gasteiger partial charge in [-0.15, -0.1) is 0 Å². The highest BCUT2D eigenvalue weighted by atomic mass is 32.2. The zero-order chi connectivity index (χ0) is 25.0. The minimum Gasteiger partial charge on any atom is -0.507 e. The van der Waals surface area contributed by atoms with E-state index < -0.39 is 10.0 Å². The first-order valence-corrected chi connectivity index (χ1v) is 12.4. The van der Waals surface area contributed by atoms with Crippen LogP contribution in [-0.2, 0) is 10.0 Å². The van der Waals surface area contributed by atoms with E-state index in [1.807, 2.05) is 0 Å². The molecule has 1 aliphatic heterocycles. The molecule has 3 aromatic carbocycles. The standard InChI is InChI=1S/C25H25N3O6S/c1-34-20-11-9-19(10-12-20)26-35(32,33)21-6-4-5-18(17-21)24(30)27-13-15-28(16-14-27)25(31)22-7-2-3-8-23(22)29/h2-12,17,26,29H,13-16H2,1H3. The van der Waals surface area contributed by atoms with Gasteiger partial charge in [0.1, 0.15) is 11.5 Å².